The molecular weight excluding hydrogens is 190 g/mol. The molecule has 0 fully saturated rings. The standard InChI is InChI=1S/C12H17NO2/c1-9(13)11(14)12(2,3)15-10-7-5-4-6-8-10/h4-9H,13H2,1-3H3. The molecule has 1 atom stereocenters. The van der Waals surface area contributed by atoms with Gasteiger partial charge < -0.3 is 10.5 Å². The van der Waals surface area contributed by atoms with Crippen molar-refractivity contribution < 1.29 is 9.53 Å². The number of nitrogens with two attached hydrogens (primary N) is 1. The normalized spacial score (nSPS) is 13.3. The summed E-state index contributed by atoms with van der Waals surface area (Å²) in [5, 5.41) is 0. The molecule has 0 saturated carbocycles. The monoisotopic (exact) mass is 207 g/mol. The third-order valence-corrected chi connectivity index (χ3v) is 2.12. The molecule has 3 heteroatoms. The number of hydrogen-bond acceptors (Lipinski definition) is 3. The average molecular weight is 207 g/mol. The summed E-state index contributed by atoms with van der Waals surface area (Å²) in [6.07, 6.45) is 0. The molecule has 1 aromatic rings. The third kappa shape index (κ3) is 3.06. The van der Waals surface area contributed by atoms with E-state index >= 15 is 0 Å². The molecule has 3 nitrogen and oxygen atoms in total. The number of carbonyl (C=O) groups is 1. The number of ether oxygens (including phenoxy) is 1. The molecule has 0 aliphatic rings. The quantitative estimate of drug-likeness (QED) is 0.818. The van der Waals surface area contributed by atoms with Gasteiger partial charge >= 0.3 is 0 Å². The fourth-order valence-corrected chi connectivity index (χ4v) is 1.38. The Bertz CT molecular complexity index is 331. The van der Waals surface area contributed by atoms with Crippen LogP contribution in [0.15, 0.2) is 30.3 Å². The molecule has 0 saturated heterocycles. The maximum absolute atomic E-state index is 11.7. The lowest BCUT2D eigenvalue weighted by atomic mass is 9.98. The number of ketones is 1. The molecule has 1 rings (SSSR count). The van der Waals surface area contributed by atoms with Gasteiger partial charge in [-0.1, -0.05) is 18.2 Å². The Balaban J connectivity index is 2.77. The van der Waals surface area contributed by atoms with Crippen LogP contribution in [-0.4, -0.2) is 17.4 Å². The number of Topliss-reactive ketones (excluding diaryl/α,β-unsaturated/α-hetero) is 1. The summed E-state index contributed by atoms with van der Waals surface area (Å²) < 4.78 is 5.60. The van der Waals surface area contributed by atoms with Crippen LogP contribution in [-0.2, 0) is 4.79 Å². The van der Waals surface area contributed by atoms with Crippen molar-refractivity contribution in [1.82, 2.24) is 0 Å². The maximum atomic E-state index is 11.7. The van der Waals surface area contributed by atoms with Crippen LogP contribution in [0, 0.1) is 0 Å². The second-order valence-corrected chi connectivity index (χ2v) is 4.08. The highest BCUT2D eigenvalue weighted by Gasteiger charge is 2.31. The van der Waals surface area contributed by atoms with Gasteiger partial charge in [-0.2, -0.15) is 0 Å². The van der Waals surface area contributed by atoms with Gasteiger partial charge in [-0.3, -0.25) is 4.79 Å². The Kier molecular flexibility index (Phi) is 3.48. The van der Waals surface area contributed by atoms with Crippen molar-refractivity contribution in [2.75, 3.05) is 0 Å². The summed E-state index contributed by atoms with van der Waals surface area (Å²) in [6.45, 7) is 5.12. The molecule has 0 amide bonds. The van der Waals surface area contributed by atoms with Gasteiger partial charge in [0, 0.05) is 0 Å². The van der Waals surface area contributed by atoms with Crippen molar-refractivity contribution in [3.63, 3.8) is 0 Å². The van der Waals surface area contributed by atoms with E-state index in [1.165, 1.54) is 0 Å². The Morgan fingerprint density at radius 3 is 2.33 bits per heavy atom. The van der Waals surface area contributed by atoms with Crippen LogP contribution >= 0.6 is 0 Å². The third-order valence-electron chi connectivity index (χ3n) is 2.12. The summed E-state index contributed by atoms with van der Waals surface area (Å²) in [5.41, 5.74) is 4.67. The van der Waals surface area contributed by atoms with E-state index in [0.29, 0.717) is 5.75 Å². The lowest BCUT2D eigenvalue weighted by molar-refractivity contribution is -0.132. The van der Waals surface area contributed by atoms with Crippen molar-refractivity contribution in [3.8, 4) is 5.75 Å². The van der Waals surface area contributed by atoms with Gasteiger partial charge in [0.25, 0.3) is 0 Å². The first-order chi connectivity index (χ1) is 6.93. The molecule has 82 valence electrons. The highest BCUT2D eigenvalue weighted by atomic mass is 16.5. The zero-order chi connectivity index (χ0) is 11.5. The number of benzene rings is 1. The molecule has 0 bridgehead atoms. The molecule has 0 heterocycles. The minimum absolute atomic E-state index is 0.105. The zero-order valence-electron chi connectivity index (χ0n) is 9.36. The first-order valence-corrected chi connectivity index (χ1v) is 4.97. The summed E-state index contributed by atoms with van der Waals surface area (Å²) in [7, 11) is 0. The Hall–Kier alpha value is -1.35. The topological polar surface area (TPSA) is 52.3 Å². The number of rotatable bonds is 4. The van der Waals surface area contributed by atoms with Gasteiger partial charge in [0.05, 0.1) is 6.04 Å². The van der Waals surface area contributed by atoms with Crippen molar-refractivity contribution in [2.45, 2.75) is 32.4 Å². The van der Waals surface area contributed by atoms with E-state index in [4.69, 9.17) is 10.5 Å². The molecular formula is C12H17NO2. The van der Waals surface area contributed by atoms with Crippen LogP contribution in [0.1, 0.15) is 20.8 Å². The molecule has 0 radical (unpaired) electrons. The van der Waals surface area contributed by atoms with Crippen LogP contribution in [0.3, 0.4) is 0 Å². The van der Waals surface area contributed by atoms with E-state index in [1.807, 2.05) is 30.3 Å². The molecule has 15 heavy (non-hydrogen) atoms. The SMILES string of the molecule is CC(N)C(=O)C(C)(C)Oc1ccccc1. The molecule has 0 aliphatic carbocycles. The van der Waals surface area contributed by atoms with Crippen molar-refractivity contribution >= 4 is 5.78 Å². The van der Waals surface area contributed by atoms with Gasteiger partial charge in [-0.25, -0.2) is 0 Å². The fraction of sp³-hybridized carbons (Fsp3) is 0.417. The Labute approximate surface area is 90.2 Å². The largest absolute Gasteiger partial charge is 0.480 e. The van der Waals surface area contributed by atoms with Crippen LogP contribution in [0.2, 0.25) is 0 Å². The van der Waals surface area contributed by atoms with E-state index in [0.717, 1.165) is 0 Å². The molecule has 1 aromatic carbocycles. The highest BCUT2D eigenvalue weighted by Crippen LogP contribution is 2.19. The fourth-order valence-electron chi connectivity index (χ4n) is 1.38. The van der Waals surface area contributed by atoms with Crippen LogP contribution in [0.4, 0.5) is 0 Å². The molecule has 0 aliphatic heterocycles. The van der Waals surface area contributed by atoms with Crippen LogP contribution < -0.4 is 10.5 Å². The summed E-state index contributed by atoms with van der Waals surface area (Å²) >= 11 is 0. The Morgan fingerprint density at radius 2 is 1.87 bits per heavy atom. The van der Waals surface area contributed by atoms with Crippen molar-refractivity contribution in [3.05, 3.63) is 30.3 Å². The summed E-state index contributed by atoms with van der Waals surface area (Å²) in [6, 6.07) is 8.74. The Morgan fingerprint density at radius 1 is 1.33 bits per heavy atom. The zero-order valence-corrected chi connectivity index (χ0v) is 9.36. The molecule has 1 unspecified atom stereocenters. The maximum Gasteiger partial charge on any atom is 0.192 e. The van der Waals surface area contributed by atoms with E-state index in [9.17, 15) is 4.79 Å². The smallest absolute Gasteiger partial charge is 0.192 e. The summed E-state index contributed by atoms with van der Waals surface area (Å²) in [4.78, 5) is 11.7. The van der Waals surface area contributed by atoms with Crippen LogP contribution in [0.5, 0.6) is 5.75 Å². The van der Waals surface area contributed by atoms with E-state index < -0.39 is 11.6 Å². The van der Waals surface area contributed by atoms with Gasteiger partial charge in [0.1, 0.15) is 5.75 Å². The molecule has 0 aromatic heterocycles. The second-order valence-electron chi connectivity index (χ2n) is 4.08. The molecule has 2 N–H and O–H groups in total. The van der Waals surface area contributed by atoms with E-state index in [2.05, 4.69) is 0 Å². The van der Waals surface area contributed by atoms with Gasteiger partial charge in [0.2, 0.25) is 0 Å². The predicted octanol–water partition coefficient (Wildman–Crippen LogP) is 1.76. The first-order valence-electron chi connectivity index (χ1n) is 4.97. The van der Waals surface area contributed by atoms with Crippen LogP contribution in [0.25, 0.3) is 0 Å². The number of carbonyl (C=O) groups excluding carboxylic acids is 1. The first kappa shape index (κ1) is 11.7. The van der Waals surface area contributed by atoms with Gasteiger partial charge in [0.15, 0.2) is 11.4 Å². The van der Waals surface area contributed by atoms with Crippen molar-refractivity contribution in [2.24, 2.45) is 5.73 Å². The highest BCUT2D eigenvalue weighted by molar-refractivity contribution is 5.91. The van der Waals surface area contributed by atoms with Gasteiger partial charge in [-0.05, 0) is 32.9 Å². The van der Waals surface area contributed by atoms with Crippen molar-refractivity contribution in [1.29, 1.82) is 0 Å². The van der Waals surface area contributed by atoms with E-state index in [-0.39, 0.29) is 5.78 Å². The minimum Gasteiger partial charge on any atom is -0.480 e. The predicted molar refractivity (Wildman–Crippen MR) is 59.8 cm³/mol. The lowest BCUT2D eigenvalue weighted by Gasteiger charge is -2.26. The lowest BCUT2D eigenvalue weighted by Crippen LogP contribution is -2.47. The average Bonchev–Trinajstić information content (AvgIpc) is 2.17. The minimum atomic E-state index is -0.879. The van der Waals surface area contributed by atoms with Gasteiger partial charge in [-0.15, -0.1) is 0 Å². The number of para-hydroxylation sites is 1. The second kappa shape index (κ2) is 4.45. The molecule has 0 spiro atoms. The summed E-state index contributed by atoms with van der Waals surface area (Å²) in [5.74, 6) is 0.572. The number of hydrogen-bond donors (Lipinski definition) is 1. The van der Waals surface area contributed by atoms with E-state index in [1.54, 1.807) is 20.8 Å².